The first-order valence-corrected chi connectivity index (χ1v) is 9.96. The summed E-state index contributed by atoms with van der Waals surface area (Å²) in [6.45, 7) is 2.14. The van der Waals surface area contributed by atoms with Crippen molar-refractivity contribution >= 4 is 21.7 Å². The lowest BCUT2D eigenvalue weighted by atomic mass is 10.1. The Balaban J connectivity index is 1.58. The first-order valence-electron chi connectivity index (χ1n) is 8.47. The minimum absolute atomic E-state index is 0.142. The first kappa shape index (κ1) is 18.4. The molecule has 0 radical (unpaired) electrons. The van der Waals surface area contributed by atoms with Crippen LogP contribution in [0, 0.1) is 5.92 Å². The molecule has 1 fully saturated rings. The predicted octanol–water partition coefficient (Wildman–Crippen LogP) is 2.28. The van der Waals surface area contributed by atoms with E-state index in [1.807, 2.05) is 18.2 Å². The zero-order valence-electron chi connectivity index (χ0n) is 14.6. The Bertz CT molecular complexity index is 851. The molecule has 1 aliphatic heterocycles. The highest BCUT2D eigenvalue weighted by molar-refractivity contribution is 7.89. The zero-order valence-corrected chi connectivity index (χ0v) is 15.4. The van der Waals surface area contributed by atoms with Crippen molar-refractivity contribution in [2.45, 2.75) is 11.3 Å². The van der Waals surface area contributed by atoms with E-state index in [9.17, 15) is 13.2 Å². The van der Waals surface area contributed by atoms with Crippen LogP contribution in [-0.4, -0.2) is 41.1 Å². The Kier molecular flexibility index (Phi) is 5.58. The van der Waals surface area contributed by atoms with Crippen LogP contribution in [0.5, 0.6) is 0 Å². The van der Waals surface area contributed by atoms with Gasteiger partial charge in [-0.25, -0.2) is 17.9 Å². The molecular formula is C19H22N2O4S. The Morgan fingerprint density at radius 1 is 1.15 bits per heavy atom. The van der Waals surface area contributed by atoms with Crippen molar-refractivity contribution in [3.8, 4) is 0 Å². The average molecular weight is 374 g/mol. The van der Waals surface area contributed by atoms with Gasteiger partial charge >= 0.3 is 5.97 Å². The summed E-state index contributed by atoms with van der Waals surface area (Å²) in [6, 6.07) is 15.9. The van der Waals surface area contributed by atoms with Crippen molar-refractivity contribution in [3.63, 3.8) is 0 Å². The zero-order chi connectivity index (χ0) is 18.6. The molecule has 7 heteroatoms. The van der Waals surface area contributed by atoms with Gasteiger partial charge in [-0.3, -0.25) is 0 Å². The summed E-state index contributed by atoms with van der Waals surface area (Å²) in [5, 5.41) is 0. The van der Waals surface area contributed by atoms with Crippen molar-refractivity contribution < 1.29 is 17.9 Å². The van der Waals surface area contributed by atoms with Crippen molar-refractivity contribution in [2.75, 3.05) is 31.6 Å². The normalized spacial score (nSPS) is 17.3. The molecule has 1 unspecified atom stereocenters. The van der Waals surface area contributed by atoms with Gasteiger partial charge in [0.25, 0.3) is 0 Å². The number of sulfonamides is 1. The van der Waals surface area contributed by atoms with E-state index in [4.69, 9.17) is 0 Å². The number of esters is 1. The number of nitrogens with zero attached hydrogens (tertiary/aromatic N) is 1. The topological polar surface area (TPSA) is 75.7 Å². The molecule has 0 spiro atoms. The fourth-order valence-corrected chi connectivity index (χ4v) is 4.19. The molecule has 1 heterocycles. The summed E-state index contributed by atoms with van der Waals surface area (Å²) >= 11 is 0. The van der Waals surface area contributed by atoms with Gasteiger partial charge in [0.05, 0.1) is 17.6 Å². The molecule has 2 aromatic rings. The maximum Gasteiger partial charge on any atom is 0.337 e. The molecule has 0 aliphatic carbocycles. The van der Waals surface area contributed by atoms with Gasteiger partial charge in [-0.2, -0.15) is 0 Å². The number of carbonyl (C=O) groups is 1. The van der Waals surface area contributed by atoms with Crippen LogP contribution in [0.4, 0.5) is 5.69 Å². The number of carbonyl (C=O) groups excluding carboxylic acids is 1. The van der Waals surface area contributed by atoms with E-state index < -0.39 is 16.0 Å². The summed E-state index contributed by atoms with van der Waals surface area (Å²) in [7, 11) is -2.31. The van der Waals surface area contributed by atoms with Crippen LogP contribution < -0.4 is 9.62 Å². The lowest BCUT2D eigenvalue weighted by Gasteiger charge is -2.18. The molecule has 1 N–H and O–H groups in total. The second-order valence-corrected chi connectivity index (χ2v) is 8.07. The van der Waals surface area contributed by atoms with Crippen LogP contribution in [0.3, 0.4) is 0 Å². The van der Waals surface area contributed by atoms with Gasteiger partial charge in [0.1, 0.15) is 0 Å². The van der Waals surface area contributed by atoms with Crippen LogP contribution in [0.15, 0.2) is 59.5 Å². The number of hydrogen-bond donors (Lipinski definition) is 1. The van der Waals surface area contributed by atoms with Crippen molar-refractivity contribution in [1.29, 1.82) is 0 Å². The van der Waals surface area contributed by atoms with Crippen molar-refractivity contribution in [2.24, 2.45) is 5.92 Å². The largest absolute Gasteiger partial charge is 0.465 e. The Morgan fingerprint density at radius 3 is 2.50 bits per heavy atom. The van der Waals surface area contributed by atoms with Crippen molar-refractivity contribution in [3.05, 3.63) is 60.2 Å². The van der Waals surface area contributed by atoms with Crippen LogP contribution in [-0.2, 0) is 14.8 Å². The quantitative estimate of drug-likeness (QED) is 0.785. The third-order valence-corrected chi connectivity index (χ3v) is 5.99. The monoisotopic (exact) mass is 374 g/mol. The molecule has 6 nitrogen and oxygen atoms in total. The molecule has 1 atom stereocenters. The minimum Gasteiger partial charge on any atom is -0.465 e. The lowest BCUT2D eigenvalue weighted by Crippen LogP contribution is -2.31. The number of rotatable bonds is 6. The van der Waals surface area contributed by atoms with E-state index in [0.717, 1.165) is 25.2 Å². The number of nitrogens with one attached hydrogen (secondary N) is 1. The molecule has 0 bridgehead atoms. The summed E-state index contributed by atoms with van der Waals surface area (Å²) < 4.78 is 32.2. The highest BCUT2D eigenvalue weighted by Crippen LogP contribution is 2.23. The molecule has 26 heavy (non-hydrogen) atoms. The molecule has 1 saturated heterocycles. The average Bonchev–Trinajstić information content (AvgIpc) is 3.16. The number of methoxy groups -OCH3 is 1. The second-order valence-electron chi connectivity index (χ2n) is 6.30. The van der Waals surface area contributed by atoms with Crippen LogP contribution in [0.25, 0.3) is 0 Å². The Morgan fingerprint density at radius 2 is 1.85 bits per heavy atom. The Labute approximate surface area is 153 Å². The van der Waals surface area contributed by atoms with E-state index in [1.165, 1.54) is 31.4 Å². The molecule has 0 amide bonds. The minimum atomic E-state index is -3.60. The van der Waals surface area contributed by atoms with Gasteiger partial charge in [-0.05, 0) is 48.7 Å². The van der Waals surface area contributed by atoms with Gasteiger partial charge in [-0.15, -0.1) is 0 Å². The van der Waals surface area contributed by atoms with Crippen LogP contribution in [0.1, 0.15) is 16.8 Å². The van der Waals surface area contributed by atoms with E-state index in [-0.39, 0.29) is 10.8 Å². The molecule has 2 aromatic carbocycles. The number of ether oxygens (including phenoxy) is 1. The van der Waals surface area contributed by atoms with Gasteiger partial charge < -0.3 is 9.64 Å². The first-order chi connectivity index (χ1) is 12.5. The summed E-state index contributed by atoms with van der Waals surface area (Å²) in [5.41, 5.74) is 1.48. The SMILES string of the molecule is COC(=O)c1ccc(S(=O)(=O)NCC2CCN(c3ccccc3)C2)cc1. The molecule has 3 rings (SSSR count). The molecule has 138 valence electrons. The third kappa shape index (κ3) is 4.23. The Hall–Kier alpha value is -2.38. The number of anilines is 1. The lowest BCUT2D eigenvalue weighted by molar-refractivity contribution is 0.0600. The van der Waals surface area contributed by atoms with Gasteiger partial charge in [-0.1, -0.05) is 18.2 Å². The van der Waals surface area contributed by atoms with Crippen LogP contribution >= 0.6 is 0 Å². The molecule has 0 aromatic heterocycles. The summed E-state index contributed by atoms with van der Waals surface area (Å²) in [6.07, 6.45) is 0.943. The van der Waals surface area contributed by atoms with Gasteiger partial charge in [0.2, 0.25) is 10.0 Å². The van der Waals surface area contributed by atoms with Crippen molar-refractivity contribution in [1.82, 2.24) is 4.72 Å². The molecule has 0 saturated carbocycles. The van der Waals surface area contributed by atoms with Crippen LogP contribution in [0.2, 0.25) is 0 Å². The smallest absolute Gasteiger partial charge is 0.337 e. The third-order valence-electron chi connectivity index (χ3n) is 4.55. The van der Waals surface area contributed by atoms with Gasteiger partial charge in [0, 0.05) is 25.3 Å². The maximum atomic E-state index is 12.5. The highest BCUT2D eigenvalue weighted by Gasteiger charge is 2.24. The van der Waals surface area contributed by atoms with Gasteiger partial charge in [0.15, 0.2) is 0 Å². The highest BCUT2D eigenvalue weighted by atomic mass is 32.2. The number of hydrogen-bond acceptors (Lipinski definition) is 5. The molecule has 1 aliphatic rings. The van der Waals surface area contributed by atoms with E-state index >= 15 is 0 Å². The summed E-state index contributed by atoms with van der Waals surface area (Å²) in [5.74, 6) is -0.229. The standard InChI is InChI=1S/C19H22N2O4S/c1-25-19(22)16-7-9-18(10-8-16)26(23,24)20-13-15-11-12-21(14-15)17-5-3-2-4-6-17/h2-10,15,20H,11-14H2,1H3. The van der Waals surface area contributed by atoms with E-state index in [2.05, 4.69) is 26.5 Å². The second kappa shape index (κ2) is 7.88. The maximum absolute atomic E-state index is 12.5. The van der Waals surface area contributed by atoms with E-state index in [1.54, 1.807) is 0 Å². The fraction of sp³-hybridized carbons (Fsp3) is 0.316. The molecular weight excluding hydrogens is 352 g/mol. The summed E-state index contributed by atoms with van der Waals surface area (Å²) in [4.78, 5) is 13.8. The fourth-order valence-electron chi connectivity index (χ4n) is 3.07. The number of benzene rings is 2. The number of para-hydroxylation sites is 1. The predicted molar refractivity (Wildman–Crippen MR) is 99.7 cm³/mol. The van der Waals surface area contributed by atoms with E-state index in [0.29, 0.717) is 12.1 Å².